The van der Waals surface area contributed by atoms with Crippen molar-refractivity contribution in [3.63, 3.8) is 0 Å². The van der Waals surface area contributed by atoms with Crippen LogP contribution in [0.2, 0.25) is 0 Å². The average molecular weight is 264 g/mol. The van der Waals surface area contributed by atoms with Crippen molar-refractivity contribution < 1.29 is 0 Å². The smallest absolute Gasteiger partial charge is 0.0339 e. The van der Waals surface area contributed by atoms with E-state index in [4.69, 9.17) is 0 Å². The SMILES string of the molecule is CC(C)(C)NCCNC1CCSc2ccccc21. The van der Waals surface area contributed by atoms with E-state index in [0.29, 0.717) is 6.04 Å². The molecule has 1 aromatic rings. The molecule has 1 aliphatic rings. The monoisotopic (exact) mass is 264 g/mol. The molecule has 1 atom stereocenters. The van der Waals surface area contributed by atoms with E-state index < -0.39 is 0 Å². The van der Waals surface area contributed by atoms with Crippen molar-refractivity contribution in [2.75, 3.05) is 18.8 Å². The van der Waals surface area contributed by atoms with Gasteiger partial charge in [-0.15, -0.1) is 11.8 Å². The second-order valence-corrected chi connectivity index (χ2v) is 7.00. The largest absolute Gasteiger partial charge is 0.311 e. The van der Waals surface area contributed by atoms with Crippen LogP contribution >= 0.6 is 11.8 Å². The van der Waals surface area contributed by atoms with Gasteiger partial charge in [-0.3, -0.25) is 0 Å². The molecule has 0 radical (unpaired) electrons. The quantitative estimate of drug-likeness (QED) is 0.817. The molecule has 100 valence electrons. The first-order valence-corrected chi connectivity index (χ1v) is 7.75. The third-order valence-corrected chi connectivity index (χ3v) is 4.25. The van der Waals surface area contributed by atoms with Crippen molar-refractivity contribution in [2.24, 2.45) is 0 Å². The van der Waals surface area contributed by atoms with Crippen molar-refractivity contribution in [1.29, 1.82) is 0 Å². The van der Waals surface area contributed by atoms with E-state index in [1.165, 1.54) is 22.6 Å². The molecular formula is C15H24N2S. The molecule has 0 aliphatic carbocycles. The predicted octanol–water partition coefficient (Wildman–Crippen LogP) is 3.20. The first kappa shape index (κ1) is 13.9. The van der Waals surface area contributed by atoms with Crippen LogP contribution in [0.5, 0.6) is 0 Å². The zero-order chi connectivity index (χ0) is 13.0. The molecular weight excluding hydrogens is 240 g/mol. The van der Waals surface area contributed by atoms with Crippen LogP contribution in [0.4, 0.5) is 0 Å². The standard InChI is InChI=1S/C15H24N2S/c1-15(2,3)17-10-9-16-13-8-11-18-14-7-5-4-6-12(13)14/h4-7,13,16-17H,8-11H2,1-3H3. The summed E-state index contributed by atoms with van der Waals surface area (Å²) in [6.07, 6.45) is 1.23. The van der Waals surface area contributed by atoms with E-state index in [9.17, 15) is 0 Å². The Morgan fingerprint density at radius 1 is 1.22 bits per heavy atom. The maximum Gasteiger partial charge on any atom is 0.0339 e. The van der Waals surface area contributed by atoms with Crippen LogP contribution in [-0.2, 0) is 0 Å². The zero-order valence-corrected chi connectivity index (χ0v) is 12.4. The Morgan fingerprint density at radius 3 is 2.78 bits per heavy atom. The van der Waals surface area contributed by atoms with E-state index in [-0.39, 0.29) is 5.54 Å². The average Bonchev–Trinajstić information content (AvgIpc) is 2.33. The Kier molecular flexibility index (Phi) is 4.71. The normalized spacial score (nSPS) is 19.6. The Balaban J connectivity index is 1.84. The fourth-order valence-corrected chi connectivity index (χ4v) is 3.36. The minimum Gasteiger partial charge on any atom is -0.311 e. The summed E-state index contributed by atoms with van der Waals surface area (Å²) in [5.41, 5.74) is 1.69. The van der Waals surface area contributed by atoms with Crippen LogP contribution in [0.15, 0.2) is 29.2 Å². The highest BCUT2D eigenvalue weighted by Crippen LogP contribution is 2.35. The van der Waals surface area contributed by atoms with Crippen molar-refractivity contribution in [3.05, 3.63) is 29.8 Å². The van der Waals surface area contributed by atoms with Crippen molar-refractivity contribution >= 4 is 11.8 Å². The lowest BCUT2D eigenvalue weighted by atomic mass is 10.0. The molecule has 1 heterocycles. The molecule has 1 aliphatic heterocycles. The Morgan fingerprint density at radius 2 is 2.00 bits per heavy atom. The summed E-state index contributed by atoms with van der Waals surface area (Å²) in [4.78, 5) is 1.45. The summed E-state index contributed by atoms with van der Waals surface area (Å²) in [6.45, 7) is 8.68. The van der Waals surface area contributed by atoms with E-state index >= 15 is 0 Å². The second kappa shape index (κ2) is 6.09. The van der Waals surface area contributed by atoms with Gasteiger partial charge in [0.05, 0.1) is 0 Å². The van der Waals surface area contributed by atoms with Crippen LogP contribution in [0.25, 0.3) is 0 Å². The highest BCUT2D eigenvalue weighted by molar-refractivity contribution is 7.99. The van der Waals surface area contributed by atoms with Crippen LogP contribution < -0.4 is 10.6 Å². The van der Waals surface area contributed by atoms with Crippen molar-refractivity contribution in [2.45, 2.75) is 43.7 Å². The summed E-state index contributed by atoms with van der Waals surface area (Å²) >= 11 is 1.98. The van der Waals surface area contributed by atoms with E-state index in [1.807, 2.05) is 11.8 Å². The summed E-state index contributed by atoms with van der Waals surface area (Å²) in [7, 11) is 0. The number of rotatable bonds is 4. The van der Waals surface area contributed by atoms with Gasteiger partial charge in [-0.25, -0.2) is 0 Å². The molecule has 0 saturated carbocycles. The first-order valence-electron chi connectivity index (χ1n) is 6.76. The molecule has 2 nitrogen and oxygen atoms in total. The van der Waals surface area contributed by atoms with Gasteiger partial charge in [0.2, 0.25) is 0 Å². The molecule has 1 aromatic carbocycles. The Labute approximate surface area is 115 Å². The van der Waals surface area contributed by atoms with Crippen LogP contribution in [0, 0.1) is 0 Å². The van der Waals surface area contributed by atoms with Crippen molar-refractivity contribution in [3.8, 4) is 0 Å². The summed E-state index contributed by atoms with van der Waals surface area (Å²) in [5.74, 6) is 1.22. The lowest BCUT2D eigenvalue weighted by Gasteiger charge is -2.27. The third kappa shape index (κ3) is 4.01. The van der Waals surface area contributed by atoms with Crippen LogP contribution in [0.3, 0.4) is 0 Å². The first-order chi connectivity index (χ1) is 8.56. The van der Waals surface area contributed by atoms with Gasteiger partial charge < -0.3 is 10.6 Å². The lowest BCUT2D eigenvalue weighted by molar-refractivity contribution is 0.407. The fraction of sp³-hybridized carbons (Fsp3) is 0.600. The Hall–Kier alpha value is -0.510. The maximum atomic E-state index is 3.67. The Bertz CT molecular complexity index is 384. The predicted molar refractivity (Wildman–Crippen MR) is 80.3 cm³/mol. The molecule has 0 aromatic heterocycles. The number of hydrogen-bond acceptors (Lipinski definition) is 3. The molecule has 18 heavy (non-hydrogen) atoms. The molecule has 0 bridgehead atoms. The minimum atomic E-state index is 0.210. The molecule has 1 unspecified atom stereocenters. The van der Waals surface area contributed by atoms with Crippen LogP contribution in [0.1, 0.15) is 38.8 Å². The molecule has 2 N–H and O–H groups in total. The molecule has 3 heteroatoms. The van der Waals surface area contributed by atoms with Crippen LogP contribution in [-0.4, -0.2) is 24.4 Å². The molecule has 0 amide bonds. The van der Waals surface area contributed by atoms with Gasteiger partial charge in [0.15, 0.2) is 0 Å². The van der Waals surface area contributed by atoms with Gasteiger partial charge >= 0.3 is 0 Å². The molecule has 0 fully saturated rings. The van der Waals surface area contributed by atoms with Gasteiger partial charge in [-0.05, 0) is 44.6 Å². The number of nitrogens with one attached hydrogen (secondary N) is 2. The second-order valence-electron chi connectivity index (χ2n) is 5.86. The molecule has 0 spiro atoms. The fourth-order valence-electron chi connectivity index (χ4n) is 2.24. The third-order valence-electron chi connectivity index (χ3n) is 3.13. The summed E-state index contributed by atoms with van der Waals surface area (Å²) < 4.78 is 0. The summed E-state index contributed by atoms with van der Waals surface area (Å²) in [6, 6.07) is 9.31. The minimum absolute atomic E-state index is 0.210. The zero-order valence-electron chi connectivity index (χ0n) is 11.6. The van der Waals surface area contributed by atoms with Gasteiger partial charge in [-0.2, -0.15) is 0 Å². The summed E-state index contributed by atoms with van der Waals surface area (Å²) in [5, 5.41) is 7.19. The highest BCUT2D eigenvalue weighted by Gasteiger charge is 2.19. The number of benzene rings is 1. The van der Waals surface area contributed by atoms with E-state index in [0.717, 1.165) is 13.1 Å². The highest BCUT2D eigenvalue weighted by atomic mass is 32.2. The topological polar surface area (TPSA) is 24.1 Å². The number of fused-ring (bicyclic) bond motifs is 1. The maximum absolute atomic E-state index is 3.67. The lowest BCUT2D eigenvalue weighted by Crippen LogP contribution is -2.41. The van der Waals surface area contributed by atoms with Gasteiger partial charge in [0, 0.05) is 29.6 Å². The number of thioether (sulfide) groups is 1. The van der Waals surface area contributed by atoms with Gasteiger partial charge in [-0.1, -0.05) is 18.2 Å². The van der Waals surface area contributed by atoms with E-state index in [2.05, 4.69) is 55.7 Å². The number of hydrogen-bond donors (Lipinski definition) is 2. The molecule has 0 saturated heterocycles. The van der Waals surface area contributed by atoms with Gasteiger partial charge in [0.1, 0.15) is 0 Å². The van der Waals surface area contributed by atoms with Crippen molar-refractivity contribution in [1.82, 2.24) is 10.6 Å². The van der Waals surface area contributed by atoms with Gasteiger partial charge in [0.25, 0.3) is 0 Å². The molecule has 2 rings (SSSR count). The van der Waals surface area contributed by atoms with E-state index in [1.54, 1.807) is 0 Å².